The fraction of sp³-hybridized carbons (Fsp3) is 0.440. The number of piperidine rings is 1. The lowest BCUT2D eigenvalue weighted by atomic mass is 9.87. The number of benzene rings is 2. The average Bonchev–Trinajstić information content (AvgIpc) is 2.72. The lowest BCUT2D eigenvalue weighted by Gasteiger charge is -2.30. The highest BCUT2D eigenvalue weighted by Crippen LogP contribution is 2.24. The standard InChI is InChI=1S/C25H32N2O3/c1-18-13-15-27(16-14-18)24(29)19-5-9-21(10-6-19)26-23(28)17-30-22-11-7-20(8-12-22)25(2,3)4/h5-12,18H,13-17H2,1-4H3,(H,26,28). The Bertz CT molecular complexity index is 859. The molecule has 1 heterocycles. The van der Waals surface area contributed by atoms with Crippen LogP contribution in [0.15, 0.2) is 48.5 Å². The predicted octanol–water partition coefficient (Wildman–Crippen LogP) is 4.87. The Hall–Kier alpha value is -2.82. The molecule has 1 saturated heterocycles. The Kier molecular flexibility index (Phi) is 6.80. The molecule has 0 aromatic heterocycles. The van der Waals surface area contributed by atoms with Crippen molar-refractivity contribution in [3.63, 3.8) is 0 Å². The topological polar surface area (TPSA) is 58.6 Å². The van der Waals surface area contributed by atoms with E-state index in [9.17, 15) is 9.59 Å². The van der Waals surface area contributed by atoms with Crippen LogP contribution in [0.1, 0.15) is 56.5 Å². The molecule has 0 radical (unpaired) electrons. The Morgan fingerprint density at radius 2 is 1.60 bits per heavy atom. The van der Waals surface area contributed by atoms with Gasteiger partial charge in [-0.25, -0.2) is 0 Å². The highest BCUT2D eigenvalue weighted by atomic mass is 16.5. The smallest absolute Gasteiger partial charge is 0.262 e. The van der Waals surface area contributed by atoms with E-state index in [1.54, 1.807) is 24.3 Å². The second-order valence-corrected chi connectivity index (χ2v) is 9.16. The first kappa shape index (κ1) is 21.9. The van der Waals surface area contributed by atoms with Crippen molar-refractivity contribution in [1.29, 1.82) is 0 Å². The van der Waals surface area contributed by atoms with E-state index in [-0.39, 0.29) is 23.8 Å². The summed E-state index contributed by atoms with van der Waals surface area (Å²) in [5.41, 5.74) is 2.59. The minimum atomic E-state index is -0.237. The summed E-state index contributed by atoms with van der Waals surface area (Å²) in [6.45, 7) is 10.2. The van der Waals surface area contributed by atoms with Crippen LogP contribution in [0.2, 0.25) is 0 Å². The predicted molar refractivity (Wildman–Crippen MR) is 120 cm³/mol. The molecule has 3 rings (SSSR count). The minimum Gasteiger partial charge on any atom is -0.484 e. The van der Waals surface area contributed by atoms with Crippen molar-refractivity contribution >= 4 is 17.5 Å². The maximum absolute atomic E-state index is 12.6. The molecule has 30 heavy (non-hydrogen) atoms. The monoisotopic (exact) mass is 408 g/mol. The summed E-state index contributed by atoms with van der Waals surface area (Å²) in [5, 5.41) is 2.81. The van der Waals surface area contributed by atoms with Gasteiger partial charge in [0.15, 0.2) is 6.61 Å². The van der Waals surface area contributed by atoms with E-state index in [2.05, 4.69) is 33.0 Å². The minimum absolute atomic E-state index is 0.0572. The van der Waals surface area contributed by atoms with Crippen LogP contribution in [0.3, 0.4) is 0 Å². The molecule has 1 aliphatic heterocycles. The number of hydrogen-bond donors (Lipinski definition) is 1. The van der Waals surface area contributed by atoms with E-state index in [4.69, 9.17) is 4.74 Å². The first-order chi connectivity index (χ1) is 14.2. The number of carbonyl (C=O) groups is 2. The molecular weight excluding hydrogens is 376 g/mol. The third kappa shape index (κ3) is 5.85. The molecule has 160 valence electrons. The Morgan fingerprint density at radius 1 is 1.00 bits per heavy atom. The second kappa shape index (κ2) is 9.33. The number of rotatable bonds is 5. The summed E-state index contributed by atoms with van der Waals surface area (Å²) in [6, 6.07) is 14.9. The van der Waals surface area contributed by atoms with Gasteiger partial charge < -0.3 is 15.0 Å². The van der Waals surface area contributed by atoms with Crippen molar-refractivity contribution in [3.8, 4) is 5.75 Å². The van der Waals surface area contributed by atoms with Gasteiger partial charge in [0.2, 0.25) is 0 Å². The first-order valence-corrected chi connectivity index (χ1v) is 10.6. The summed E-state index contributed by atoms with van der Waals surface area (Å²) in [5.74, 6) is 1.17. The van der Waals surface area contributed by atoms with Gasteiger partial charge in [-0.15, -0.1) is 0 Å². The van der Waals surface area contributed by atoms with Crippen molar-refractivity contribution in [2.24, 2.45) is 5.92 Å². The zero-order valence-electron chi connectivity index (χ0n) is 18.4. The molecular formula is C25H32N2O3. The van der Waals surface area contributed by atoms with E-state index in [0.29, 0.717) is 22.9 Å². The molecule has 0 spiro atoms. The van der Waals surface area contributed by atoms with Crippen molar-refractivity contribution < 1.29 is 14.3 Å². The molecule has 1 N–H and O–H groups in total. The maximum atomic E-state index is 12.6. The van der Waals surface area contributed by atoms with E-state index in [0.717, 1.165) is 25.9 Å². The lowest BCUT2D eigenvalue weighted by molar-refractivity contribution is -0.118. The zero-order valence-corrected chi connectivity index (χ0v) is 18.4. The molecule has 0 bridgehead atoms. The van der Waals surface area contributed by atoms with Gasteiger partial charge in [-0.05, 0) is 66.1 Å². The largest absolute Gasteiger partial charge is 0.484 e. The normalized spacial score (nSPS) is 15.0. The highest BCUT2D eigenvalue weighted by molar-refractivity contribution is 5.96. The average molecular weight is 409 g/mol. The van der Waals surface area contributed by atoms with Crippen LogP contribution in [0.4, 0.5) is 5.69 Å². The number of hydrogen-bond acceptors (Lipinski definition) is 3. The number of nitrogens with one attached hydrogen (secondary N) is 1. The van der Waals surface area contributed by atoms with Gasteiger partial charge in [0, 0.05) is 24.3 Å². The van der Waals surface area contributed by atoms with Gasteiger partial charge in [-0.3, -0.25) is 9.59 Å². The van der Waals surface area contributed by atoms with Gasteiger partial charge in [0.25, 0.3) is 11.8 Å². The molecule has 5 nitrogen and oxygen atoms in total. The summed E-state index contributed by atoms with van der Waals surface area (Å²) in [6.07, 6.45) is 2.11. The van der Waals surface area contributed by atoms with E-state index >= 15 is 0 Å². The third-order valence-electron chi connectivity index (χ3n) is 5.58. The van der Waals surface area contributed by atoms with Crippen LogP contribution < -0.4 is 10.1 Å². The Labute approximate surface area is 179 Å². The number of amides is 2. The number of anilines is 1. The van der Waals surface area contributed by atoms with Crippen LogP contribution in [0.5, 0.6) is 5.75 Å². The molecule has 1 fully saturated rings. The number of nitrogens with zero attached hydrogens (tertiary/aromatic N) is 1. The molecule has 2 amide bonds. The van der Waals surface area contributed by atoms with Gasteiger partial charge in [0.1, 0.15) is 5.75 Å². The fourth-order valence-corrected chi connectivity index (χ4v) is 3.49. The SMILES string of the molecule is CC1CCN(C(=O)c2ccc(NC(=O)COc3ccc(C(C)(C)C)cc3)cc2)CC1. The lowest BCUT2D eigenvalue weighted by Crippen LogP contribution is -2.37. The Balaban J connectivity index is 1.49. The zero-order chi connectivity index (χ0) is 21.7. The second-order valence-electron chi connectivity index (χ2n) is 9.16. The molecule has 5 heteroatoms. The number of carbonyl (C=O) groups excluding carboxylic acids is 2. The van der Waals surface area contributed by atoms with Gasteiger partial charge in [-0.2, -0.15) is 0 Å². The molecule has 2 aromatic rings. The molecule has 1 aliphatic rings. The fourth-order valence-electron chi connectivity index (χ4n) is 3.49. The first-order valence-electron chi connectivity index (χ1n) is 10.6. The van der Waals surface area contributed by atoms with Crippen molar-refractivity contribution in [1.82, 2.24) is 4.90 Å². The number of ether oxygens (including phenoxy) is 1. The van der Waals surface area contributed by atoms with Crippen molar-refractivity contribution in [2.75, 3.05) is 25.0 Å². The van der Waals surface area contributed by atoms with Crippen LogP contribution >= 0.6 is 0 Å². The quantitative estimate of drug-likeness (QED) is 0.768. The molecule has 2 aromatic carbocycles. The summed E-state index contributed by atoms with van der Waals surface area (Å²) in [4.78, 5) is 26.7. The number of likely N-dealkylation sites (tertiary alicyclic amines) is 1. The van der Waals surface area contributed by atoms with Gasteiger partial charge in [-0.1, -0.05) is 39.8 Å². The van der Waals surface area contributed by atoms with Gasteiger partial charge in [0.05, 0.1) is 0 Å². The Morgan fingerprint density at radius 3 is 2.17 bits per heavy atom. The van der Waals surface area contributed by atoms with E-state index in [1.165, 1.54) is 5.56 Å². The van der Waals surface area contributed by atoms with Crippen molar-refractivity contribution in [2.45, 2.75) is 46.0 Å². The van der Waals surface area contributed by atoms with Crippen molar-refractivity contribution in [3.05, 3.63) is 59.7 Å². The van der Waals surface area contributed by atoms with Crippen LogP contribution in [-0.4, -0.2) is 36.4 Å². The summed E-state index contributed by atoms with van der Waals surface area (Å²) >= 11 is 0. The van der Waals surface area contributed by atoms with Crippen LogP contribution in [0, 0.1) is 5.92 Å². The molecule has 0 aliphatic carbocycles. The third-order valence-corrected chi connectivity index (χ3v) is 5.58. The van der Waals surface area contributed by atoms with Crippen LogP contribution in [-0.2, 0) is 10.2 Å². The summed E-state index contributed by atoms with van der Waals surface area (Å²) < 4.78 is 5.58. The van der Waals surface area contributed by atoms with E-state index < -0.39 is 0 Å². The molecule has 0 saturated carbocycles. The highest BCUT2D eigenvalue weighted by Gasteiger charge is 2.21. The molecule has 0 unspecified atom stereocenters. The van der Waals surface area contributed by atoms with E-state index in [1.807, 2.05) is 29.2 Å². The summed E-state index contributed by atoms with van der Waals surface area (Å²) in [7, 11) is 0. The maximum Gasteiger partial charge on any atom is 0.262 e. The van der Waals surface area contributed by atoms with Crippen LogP contribution in [0.25, 0.3) is 0 Å². The molecule has 0 atom stereocenters. The van der Waals surface area contributed by atoms with Gasteiger partial charge >= 0.3 is 0 Å².